The monoisotopic (exact) mass is 211 g/mol. The molecule has 2 N–H and O–H groups in total. The van der Waals surface area contributed by atoms with Gasteiger partial charge >= 0.3 is 5.69 Å². The third-order valence-electron chi connectivity index (χ3n) is 2.44. The van der Waals surface area contributed by atoms with Gasteiger partial charge in [0.25, 0.3) is 0 Å². The highest BCUT2D eigenvalue weighted by atomic mass is 16.1. The van der Waals surface area contributed by atoms with Crippen molar-refractivity contribution in [3.63, 3.8) is 0 Å². The Morgan fingerprint density at radius 3 is 2.47 bits per heavy atom. The van der Waals surface area contributed by atoms with Gasteiger partial charge in [0.2, 0.25) is 0 Å². The Bertz CT molecular complexity index is 338. The van der Waals surface area contributed by atoms with E-state index in [-0.39, 0.29) is 11.7 Å². The first kappa shape index (κ1) is 12.0. The van der Waals surface area contributed by atoms with Gasteiger partial charge in [-0.3, -0.25) is 9.13 Å². The molecule has 0 saturated carbocycles. The molecule has 0 aromatic carbocycles. The second kappa shape index (κ2) is 5.75. The van der Waals surface area contributed by atoms with Crippen LogP contribution in [0.25, 0.3) is 0 Å². The van der Waals surface area contributed by atoms with Crippen LogP contribution in [0.2, 0.25) is 0 Å². The van der Waals surface area contributed by atoms with Crippen molar-refractivity contribution in [2.24, 2.45) is 5.73 Å². The molecule has 0 spiro atoms. The summed E-state index contributed by atoms with van der Waals surface area (Å²) in [7, 11) is 0. The van der Waals surface area contributed by atoms with Gasteiger partial charge in [0.05, 0.1) is 0 Å². The molecular weight excluding hydrogens is 190 g/mol. The molecule has 0 radical (unpaired) electrons. The molecule has 0 aliphatic rings. The minimum atomic E-state index is 0.0986. The molecule has 0 aliphatic carbocycles. The van der Waals surface area contributed by atoms with E-state index in [0.29, 0.717) is 0 Å². The van der Waals surface area contributed by atoms with E-state index in [0.717, 1.165) is 32.4 Å². The van der Waals surface area contributed by atoms with Gasteiger partial charge in [0.15, 0.2) is 0 Å². The lowest BCUT2D eigenvalue weighted by molar-refractivity contribution is 0.535. The number of nitrogens with zero attached hydrogens (tertiary/aromatic N) is 2. The summed E-state index contributed by atoms with van der Waals surface area (Å²) in [5, 5.41) is 0. The summed E-state index contributed by atoms with van der Waals surface area (Å²) < 4.78 is 3.52. The number of aromatic nitrogens is 2. The van der Waals surface area contributed by atoms with Gasteiger partial charge < -0.3 is 5.73 Å². The van der Waals surface area contributed by atoms with E-state index in [4.69, 9.17) is 5.73 Å². The Morgan fingerprint density at radius 1 is 1.33 bits per heavy atom. The van der Waals surface area contributed by atoms with Gasteiger partial charge in [-0.1, -0.05) is 6.92 Å². The average molecular weight is 211 g/mol. The first-order valence-corrected chi connectivity index (χ1v) is 5.66. The zero-order valence-corrected chi connectivity index (χ0v) is 9.65. The molecule has 1 unspecified atom stereocenters. The predicted molar refractivity (Wildman–Crippen MR) is 61.9 cm³/mol. The zero-order chi connectivity index (χ0) is 11.3. The Morgan fingerprint density at radius 2 is 1.93 bits per heavy atom. The molecule has 1 aromatic rings. The van der Waals surface area contributed by atoms with Crippen molar-refractivity contribution in [1.82, 2.24) is 9.13 Å². The second-order valence-corrected chi connectivity index (χ2v) is 4.09. The summed E-state index contributed by atoms with van der Waals surface area (Å²) in [4.78, 5) is 11.7. The molecule has 0 saturated heterocycles. The molecule has 1 rings (SSSR count). The van der Waals surface area contributed by atoms with E-state index in [1.54, 1.807) is 9.13 Å². The molecule has 0 aliphatic heterocycles. The third-order valence-corrected chi connectivity index (χ3v) is 2.44. The Balaban J connectivity index is 2.51. The minimum Gasteiger partial charge on any atom is -0.328 e. The summed E-state index contributed by atoms with van der Waals surface area (Å²) in [6.45, 7) is 5.64. The summed E-state index contributed by atoms with van der Waals surface area (Å²) in [5.74, 6) is 0. The highest BCUT2D eigenvalue weighted by Crippen LogP contribution is 1.97. The van der Waals surface area contributed by atoms with Crippen molar-refractivity contribution in [3.05, 3.63) is 22.9 Å². The first-order valence-electron chi connectivity index (χ1n) is 5.66. The van der Waals surface area contributed by atoms with Crippen LogP contribution in [0.1, 0.15) is 33.1 Å². The van der Waals surface area contributed by atoms with Crippen molar-refractivity contribution in [2.45, 2.75) is 52.2 Å². The summed E-state index contributed by atoms with van der Waals surface area (Å²) in [6.07, 6.45) is 6.64. The lowest BCUT2D eigenvalue weighted by Gasteiger charge is -2.04. The molecule has 1 aromatic heterocycles. The van der Waals surface area contributed by atoms with Crippen LogP contribution in [-0.2, 0) is 13.1 Å². The van der Waals surface area contributed by atoms with Crippen molar-refractivity contribution in [3.8, 4) is 0 Å². The topological polar surface area (TPSA) is 52.9 Å². The SMILES string of the molecule is CCCn1ccn(CCCC(C)N)c1=O. The van der Waals surface area contributed by atoms with E-state index in [1.165, 1.54) is 0 Å². The first-order chi connectivity index (χ1) is 7.15. The highest BCUT2D eigenvalue weighted by Gasteiger charge is 2.02. The van der Waals surface area contributed by atoms with Crippen LogP contribution < -0.4 is 11.4 Å². The lowest BCUT2D eigenvalue weighted by Crippen LogP contribution is -2.24. The van der Waals surface area contributed by atoms with Crippen LogP contribution in [0, 0.1) is 0 Å². The maximum absolute atomic E-state index is 11.7. The quantitative estimate of drug-likeness (QED) is 0.768. The van der Waals surface area contributed by atoms with Crippen molar-refractivity contribution in [2.75, 3.05) is 0 Å². The Hall–Kier alpha value is -1.03. The van der Waals surface area contributed by atoms with Gasteiger partial charge in [0.1, 0.15) is 0 Å². The standard InChI is InChI=1S/C11H21N3O/c1-3-6-13-8-9-14(11(13)15)7-4-5-10(2)12/h8-10H,3-7,12H2,1-2H3. The smallest absolute Gasteiger partial charge is 0.328 e. The van der Waals surface area contributed by atoms with Gasteiger partial charge in [-0.25, -0.2) is 4.79 Å². The minimum absolute atomic E-state index is 0.0986. The van der Waals surface area contributed by atoms with Gasteiger partial charge in [-0.2, -0.15) is 0 Å². The Labute approximate surface area is 90.7 Å². The second-order valence-electron chi connectivity index (χ2n) is 4.09. The molecule has 4 nitrogen and oxygen atoms in total. The Kier molecular flexibility index (Phi) is 4.62. The number of imidazole rings is 1. The van der Waals surface area contributed by atoms with Crippen LogP contribution in [0.15, 0.2) is 17.2 Å². The maximum Gasteiger partial charge on any atom is 0.328 e. The van der Waals surface area contributed by atoms with Crippen LogP contribution in [-0.4, -0.2) is 15.2 Å². The van der Waals surface area contributed by atoms with Gasteiger partial charge in [-0.05, 0) is 26.2 Å². The van der Waals surface area contributed by atoms with Crippen LogP contribution in [0.3, 0.4) is 0 Å². The average Bonchev–Trinajstić information content (AvgIpc) is 2.50. The molecule has 1 heterocycles. The fraction of sp³-hybridized carbons (Fsp3) is 0.727. The molecule has 0 amide bonds. The summed E-state index contributed by atoms with van der Waals surface area (Å²) in [6, 6.07) is 0.221. The third kappa shape index (κ3) is 3.55. The van der Waals surface area contributed by atoms with E-state index in [2.05, 4.69) is 6.92 Å². The van der Waals surface area contributed by atoms with Crippen molar-refractivity contribution >= 4 is 0 Å². The highest BCUT2D eigenvalue weighted by molar-refractivity contribution is 4.81. The summed E-state index contributed by atoms with van der Waals surface area (Å²) >= 11 is 0. The number of hydrogen-bond acceptors (Lipinski definition) is 2. The van der Waals surface area contributed by atoms with E-state index >= 15 is 0 Å². The maximum atomic E-state index is 11.7. The van der Waals surface area contributed by atoms with Crippen LogP contribution in [0.4, 0.5) is 0 Å². The molecular formula is C11H21N3O. The normalized spacial score (nSPS) is 13.0. The largest absolute Gasteiger partial charge is 0.328 e. The van der Waals surface area contributed by atoms with Gasteiger partial charge in [0, 0.05) is 31.5 Å². The number of aryl methyl sites for hydroxylation is 2. The number of nitrogens with two attached hydrogens (primary N) is 1. The molecule has 0 bridgehead atoms. The fourth-order valence-corrected chi connectivity index (χ4v) is 1.62. The lowest BCUT2D eigenvalue weighted by atomic mass is 10.2. The van der Waals surface area contributed by atoms with Crippen molar-refractivity contribution in [1.29, 1.82) is 0 Å². The summed E-state index contributed by atoms with van der Waals surface area (Å²) in [5.41, 5.74) is 5.75. The number of rotatable bonds is 6. The fourth-order valence-electron chi connectivity index (χ4n) is 1.62. The van der Waals surface area contributed by atoms with Crippen LogP contribution in [0.5, 0.6) is 0 Å². The zero-order valence-electron chi connectivity index (χ0n) is 9.65. The van der Waals surface area contributed by atoms with Gasteiger partial charge in [-0.15, -0.1) is 0 Å². The van der Waals surface area contributed by atoms with Crippen molar-refractivity contribution < 1.29 is 0 Å². The predicted octanol–water partition coefficient (Wildman–Crippen LogP) is 1.19. The van der Waals surface area contributed by atoms with E-state index in [1.807, 2.05) is 19.3 Å². The molecule has 0 fully saturated rings. The van der Waals surface area contributed by atoms with E-state index < -0.39 is 0 Å². The van der Waals surface area contributed by atoms with E-state index in [9.17, 15) is 4.79 Å². The molecule has 15 heavy (non-hydrogen) atoms. The van der Waals surface area contributed by atoms with Crippen LogP contribution >= 0.6 is 0 Å². The molecule has 1 atom stereocenters. The number of hydrogen-bond donors (Lipinski definition) is 1. The molecule has 86 valence electrons. The molecule has 4 heteroatoms.